The Morgan fingerprint density at radius 3 is 2.65 bits per heavy atom. The number of hydrogen-bond acceptors (Lipinski definition) is 10. The molecule has 5 rings (SSSR count). The molecule has 14 heteroatoms. The van der Waals surface area contributed by atoms with Gasteiger partial charge in [-0.2, -0.15) is 5.26 Å². The van der Waals surface area contributed by atoms with Crippen molar-refractivity contribution in [3.05, 3.63) is 57.8 Å². The van der Waals surface area contributed by atoms with Crippen LogP contribution in [-0.4, -0.2) is 87.1 Å². The van der Waals surface area contributed by atoms with E-state index in [1.807, 2.05) is 36.6 Å². The molecule has 4 N–H and O–H groups in total. The second kappa shape index (κ2) is 16.4. The molecule has 3 aliphatic rings. The lowest BCUT2D eigenvalue weighted by atomic mass is 9.90. The number of amides is 2. The summed E-state index contributed by atoms with van der Waals surface area (Å²) in [5, 5.41) is 21.3. The van der Waals surface area contributed by atoms with Crippen LogP contribution in [0.5, 0.6) is 0 Å². The monoisotopic (exact) mass is 697 g/mol. The molecule has 1 saturated heterocycles. The predicted molar refractivity (Wildman–Crippen MR) is 186 cm³/mol. The number of nitriles is 1. The van der Waals surface area contributed by atoms with Crippen LogP contribution in [0.25, 0.3) is 0 Å². The number of carbonyl (C=O) groups is 2. The zero-order chi connectivity index (χ0) is 34.1. The first-order valence-electron chi connectivity index (χ1n) is 16.9. The first kappa shape index (κ1) is 35.9. The number of thiophene rings is 1. The van der Waals surface area contributed by atoms with E-state index < -0.39 is 27.7 Å². The number of ether oxygens (including phenoxy) is 1. The molecule has 2 amide bonds. The molecule has 1 aromatic carbocycles. The van der Waals surface area contributed by atoms with E-state index in [0.29, 0.717) is 44.5 Å². The van der Waals surface area contributed by atoms with Gasteiger partial charge in [-0.15, -0.1) is 11.3 Å². The smallest absolute Gasteiger partial charge is 0.257 e. The van der Waals surface area contributed by atoms with Crippen molar-refractivity contribution in [1.82, 2.24) is 25.6 Å². The van der Waals surface area contributed by atoms with Crippen molar-refractivity contribution in [2.75, 3.05) is 32.4 Å². The lowest BCUT2D eigenvalue weighted by molar-refractivity contribution is -0.148. The van der Waals surface area contributed by atoms with Crippen molar-refractivity contribution >= 4 is 39.1 Å². The minimum Gasteiger partial charge on any atom is -0.468 e. The van der Waals surface area contributed by atoms with Crippen LogP contribution >= 0.6 is 11.3 Å². The molecule has 4 atom stereocenters. The summed E-state index contributed by atoms with van der Waals surface area (Å²) >= 11 is 1.54. The Hall–Kier alpha value is -3.35. The van der Waals surface area contributed by atoms with Crippen molar-refractivity contribution in [3.8, 4) is 6.07 Å². The SMILES string of the molecule is C[C@@H]1N=C([C@]2(C(=O)NCc3cccs3)CNCCN2C(=O)[C@@H](CCCCNS(C)(=O)=O)NC2CCCCC2)O[C@H]1c1ccc(C#N)cc1. The summed E-state index contributed by atoms with van der Waals surface area (Å²) in [6.07, 6.45) is 7.67. The Labute approximate surface area is 287 Å². The van der Waals surface area contributed by atoms with Crippen molar-refractivity contribution in [1.29, 1.82) is 5.26 Å². The molecule has 0 bridgehead atoms. The average molecular weight is 698 g/mol. The number of aliphatic imine (C=N–C) groups is 1. The molecule has 2 aromatic rings. The van der Waals surface area contributed by atoms with Crippen LogP contribution in [0, 0.1) is 11.3 Å². The van der Waals surface area contributed by atoms with E-state index in [1.165, 1.54) is 6.42 Å². The van der Waals surface area contributed by atoms with Gasteiger partial charge in [0, 0.05) is 37.1 Å². The number of piperazine rings is 1. The third-order valence-corrected chi connectivity index (χ3v) is 10.9. The van der Waals surface area contributed by atoms with Crippen molar-refractivity contribution in [2.45, 2.75) is 94.6 Å². The highest BCUT2D eigenvalue weighted by atomic mass is 32.2. The van der Waals surface area contributed by atoms with E-state index in [-0.39, 0.29) is 42.9 Å². The van der Waals surface area contributed by atoms with E-state index in [9.17, 15) is 23.3 Å². The summed E-state index contributed by atoms with van der Waals surface area (Å²) in [4.78, 5) is 36.9. The van der Waals surface area contributed by atoms with Crippen LogP contribution in [0.1, 0.15) is 80.4 Å². The number of unbranched alkanes of at least 4 members (excludes halogenated alkanes) is 1. The average Bonchev–Trinajstić information content (AvgIpc) is 3.76. The van der Waals surface area contributed by atoms with Gasteiger partial charge in [0.15, 0.2) is 0 Å². The molecule has 1 aromatic heterocycles. The molecule has 260 valence electrons. The maximum absolute atomic E-state index is 14.8. The minimum absolute atomic E-state index is 0.134. The fourth-order valence-corrected chi connectivity index (χ4v) is 7.97. The fraction of sp³-hybridized carbons (Fsp3) is 0.588. The molecular weight excluding hydrogens is 651 g/mol. The van der Waals surface area contributed by atoms with Crippen LogP contribution in [0.2, 0.25) is 0 Å². The van der Waals surface area contributed by atoms with Crippen LogP contribution in [0.15, 0.2) is 46.8 Å². The van der Waals surface area contributed by atoms with Gasteiger partial charge in [0.25, 0.3) is 5.91 Å². The van der Waals surface area contributed by atoms with Gasteiger partial charge in [-0.1, -0.05) is 43.9 Å². The van der Waals surface area contributed by atoms with E-state index in [1.54, 1.807) is 28.4 Å². The lowest BCUT2D eigenvalue weighted by Gasteiger charge is -2.46. The summed E-state index contributed by atoms with van der Waals surface area (Å²) in [7, 11) is -3.30. The van der Waals surface area contributed by atoms with Gasteiger partial charge in [-0.25, -0.2) is 18.1 Å². The highest BCUT2D eigenvalue weighted by Gasteiger charge is 2.57. The van der Waals surface area contributed by atoms with E-state index >= 15 is 0 Å². The summed E-state index contributed by atoms with van der Waals surface area (Å²) in [5.74, 6) is -0.357. The van der Waals surface area contributed by atoms with E-state index in [2.05, 4.69) is 26.7 Å². The maximum Gasteiger partial charge on any atom is 0.257 e. The van der Waals surface area contributed by atoms with Gasteiger partial charge in [-0.3, -0.25) is 9.59 Å². The van der Waals surface area contributed by atoms with E-state index in [4.69, 9.17) is 9.73 Å². The number of sulfonamides is 1. The molecule has 1 saturated carbocycles. The molecule has 12 nitrogen and oxygen atoms in total. The molecule has 1 aliphatic carbocycles. The Kier molecular flexibility index (Phi) is 12.3. The Morgan fingerprint density at radius 2 is 1.96 bits per heavy atom. The highest BCUT2D eigenvalue weighted by molar-refractivity contribution is 7.88. The second-order valence-corrected chi connectivity index (χ2v) is 15.8. The quantitative estimate of drug-likeness (QED) is 0.219. The van der Waals surface area contributed by atoms with Crippen molar-refractivity contribution < 1.29 is 22.7 Å². The normalized spacial score (nSPS) is 23.9. The number of benzene rings is 1. The molecule has 48 heavy (non-hydrogen) atoms. The molecule has 0 unspecified atom stereocenters. The standard InChI is InChI=1S/C34H47N7O5S2/c1-24-30(26-15-13-25(21-35)14-16-26)46-33(39-24)34(32(43)37-22-28-11-8-20-47-28)23-36-18-19-41(34)31(42)29(40-27-9-4-3-5-10-27)12-6-7-17-38-48(2,44)45/h8,11,13-16,20,24,27,29-30,36,38,40H,3-7,9-10,12,17-19,22-23H2,1-2H3,(H,37,43)/t24-,29+,30+,34+/m0/s1. The first-order chi connectivity index (χ1) is 23.1. The highest BCUT2D eigenvalue weighted by Crippen LogP contribution is 2.36. The summed E-state index contributed by atoms with van der Waals surface area (Å²) < 4.78 is 32.3. The minimum atomic E-state index is -3.30. The molecule has 2 fully saturated rings. The molecule has 3 heterocycles. The number of hydrogen-bond donors (Lipinski definition) is 4. The lowest BCUT2D eigenvalue weighted by Crippen LogP contribution is -2.74. The summed E-state index contributed by atoms with van der Waals surface area (Å²) in [6, 6.07) is 12.5. The van der Waals surface area contributed by atoms with Gasteiger partial charge in [0.2, 0.25) is 27.4 Å². The molecule has 0 spiro atoms. The number of nitrogens with zero attached hydrogens (tertiary/aromatic N) is 3. The molecular formula is C34H47N7O5S2. The van der Waals surface area contributed by atoms with Gasteiger partial charge >= 0.3 is 0 Å². The molecule has 2 aliphatic heterocycles. The third-order valence-electron chi connectivity index (χ3n) is 9.34. The largest absolute Gasteiger partial charge is 0.468 e. The fourth-order valence-electron chi connectivity index (χ4n) is 6.81. The maximum atomic E-state index is 14.8. The van der Waals surface area contributed by atoms with Crippen LogP contribution in [0.3, 0.4) is 0 Å². The van der Waals surface area contributed by atoms with Crippen molar-refractivity contribution in [2.24, 2.45) is 4.99 Å². The van der Waals surface area contributed by atoms with Crippen LogP contribution in [0.4, 0.5) is 0 Å². The number of rotatable bonds is 14. The van der Waals surface area contributed by atoms with Gasteiger partial charge < -0.3 is 25.6 Å². The number of carbonyl (C=O) groups excluding carboxylic acids is 2. The summed E-state index contributed by atoms with van der Waals surface area (Å²) in [6.45, 7) is 3.44. The number of nitrogens with one attached hydrogen (secondary N) is 4. The first-order valence-corrected chi connectivity index (χ1v) is 19.7. The van der Waals surface area contributed by atoms with Crippen LogP contribution in [-0.2, 0) is 30.9 Å². The zero-order valence-corrected chi connectivity index (χ0v) is 29.4. The van der Waals surface area contributed by atoms with Gasteiger partial charge in [-0.05, 0) is 61.7 Å². The topological polar surface area (TPSA) is 165 Å². The zero-order valence-electron chi connectivity index (χ0n) is 27.7. The Morgan fingerprint density at radius 1 is 1.19 bits per heavy atom. The van der Waals surface area contributed by atoms with Gasteiger partial charge in [0.1, 0.15) is 6.10 Å². The Balaban J connectivity index is 1.44. The second-order valence-electron chi connectivity index (χ2n) is 13.0. The van der Waals surface area contributed by atoms with Crippen molar-refractivity contribution in [3.63, 3.8) is 0 Å². The third kappa shape index (κ3) is 8.81. The predicted octanol–water partition coefficient (Wildman–Crippen LogP) is 2.98. The summed E-state index contributed by atoms with van der Waals surface area (Å²) in [5.41, 5.74) is -0.172. The van der Waals surface area contributed by atoms with Gasteiger partial charge in [0.05, 0.1) is 36.5 Å². The molecule has 0 radical (unpaired) electrons. The van der Waals surface area contributed by atoms with Crippen LogP contribution < -0.4 is 20.7 Å². The Bertz CT molecular complexity index is 1570. The van der Waals surface area contributed by atoms with E-state index in [0.717, 1.165) is 42.4 Å².